The summed E-state index contributed by atoms with van der Waals surface area (Å²) in [5.74, 6) is -3.70. The SMILES string of the molecule is Nc1nc(/C(=N/O)C(=O)NC2C(=O)N3C(C(=O)O)=C(Sc4cccnc4CSCCNC(=O)[C@@H](N)CC(=O)O)CS[C@H]23)ns1. The highest BCUT2D eigenvalue weighted by atomic mass is 32.2. The summed E-state index contributed by atoms with van der Waals surface area (Å²) >= 11 is 4.66. The van der Waals surface area contributed by atoms with Crippen molar-refractivity contribution >= 4 is 87.3 Å². The Hall–Kier alpha value is -3.92. The number of nitrogen functional groups attached to an aromatic ring is 1. The fraction of sp³-hybridized carbons (Fsp3) is 0.348. The molecule has 2 aromatic heterocycles. The van der Waals surface area contributed by atoms with Gasteiger partial charge in [0.25, 0.3) is 11.8 Å². The number of hydrogen-bond donors (Lipinski definition) is 7. The normalized spacial score (nSPS) is 18.7. The molecule has 1 fully saturated rings. The molecular weight excluding hydrogens is 659 g/mol. The van der Waals surface area contributed by atoms with Crippen LogP contribution in [-0.4, -0.2) is 106 Å². The molecule has 1 unspecified atom stereocenters. The number of β-lactam (4-membered cyclic amide) rings is 1. The van der Waals surface area contributed by atoms with Gasteiger partial charge in [-0.3, -0.25) is 29.1 Å². The second-order valence-electron chi connectivity index (χ2n) is 8.94. The van der Waals surface area contributed by atoms with Crippen molar-refractivity contribution in [1.82, 2.24) is 29.9 Å². The molecule has 2 aliphatic rings. The summed E-state index contributed by atoms with van der Waals surface area (Å²) in [6.07, 6.45) is 1.12. The van der Waals surface area contributed by atoms with E-state index in [1.165, 1.54) is 35.3 Å². The van der Waals surface area contributed by atoms with Gasteiger partial charge in [-0.25, -0.2) is 4.79 Å². The van der Waals surface area contributed by atoms with E-state index in [1.807, 2.05) is 0 Å². The standard InChI is InChI=1S/C23H25N9O8S4/c24-9(6-13(33)34)18(35)27-4-5-41-7-10-11(2-1-3-26-10)43-12-8-42-21-15(20(37)32(21)16(12)22(38)39)28-19(36)14(30-40)17-29-23(25)44-31-17/h1-3,9,15,21,40H,4-8,24H2,(H,27,35)(H,28,36)(H,33,34)(H,38,39)(H2,25,29,31)/b30-14-/t9-,15?,21+/m0/s1. The number of carboxylic acids is 2. The predicted molar refractivity (Wildman–Crippen MR) is 162 cm³/mol. The molecule has 0 spiro atoms. The third kappa shape index (κ3) is 7.59. The Bertz CT molecular complexity index is 1530. The van der Waals surface area contributed by atoms with E-state index in [9.17, 15) is 34.3 Å². The number of nitrogens with zero attached hydrogens (tertiary/aromatic N) is 5. The molecule has 2 aromatic rings. The van der Waals surface area contributed by atoms with Gasteiger partial charge < -0.3 is 37.5 Å². The maximum atomic E-state index is 13.1. The number of carbonyl (C=O) groups excluding carboxylic acids is 3. The maximum absolute atomic E-state index is 13.1. The van der Waals surface area contributed by atoms with Gasteiger partial charge in [-0.15, -0.1) is 11.8 Å². The molecule has 0 bridgehead atoms. The number of pyridine rings is 1. The average molecular weight is 684 g/mol. The number of hydrogen-bond acceptors (Lipinski definition) is 16. The fourth-order valence-electron chi connectivity index (χ4n) is 3.99. The van der Waals surface area contributed by atoms with E-state index >= 15 is 0 Å². The molecule has 0 aromatic carbocycles. The van der Waals surface area contributed by atoms with Crippen molar-refractivity contribution in [1.29, 1.82) is 0 Å². The number of nitrogens with one attached hydrogen (secondary N) is 2. The Morgan fingerprint density at radius 3 is 2.70 bits per heavy atom. The van der Waals surface area contributed by atoms with Gasteiger partial charge in [0.2, 0.25) is 17.4 Å². The van der Waals surface area contributed by atoms with E-state index in [1.54, 1.807) is 18.3 Å². The zero-order valence-electron chi connectivity index (χ0n) is 22.4. The number of nitrogens with two attached hydrogens (primary N) is 2. The van der Waals surface area contributed by atoms with Gasteiger partial charge in [0.05, 0.1) is 18.2 Å². The molecule has 4 heterocycles. The van der Waals surface area contributed by atoms with Gasteiger partial charge in [-0.05, 0) is 12.1 Å². The topological polar surface area (TPSA) is 276 Å². The molecule has 234 valence electrons. The van der Waals surface area contributed by atoms with E-state index < -0.39 is 59.3 Å². The van der Waals surface area contributed by atoms with Crippen LogP contribution in [-0.2, 0) is 29.7 Å². The van der Waals surface area contributed by atoms with Gasteiger partial charge in [0.15, 0.2) is 5.13 Å². The smallest absolute Gasteiger partial charge is 0.353 e. The average Bonchev–Trinajstić information content (AvgIpc) is 3.41. The van der Waals surface area contributed by atoms with Crippen molar-refractivity contribution in [3.8, 4) is 0 Å². The third-order valence-corrected chi connectivity index (χ3v) is 10.1. The zero-order valence-corrected chi connectivity index (χ0v) is 25.7. The molecule has 0 aliphatic carbocycles. The lowest BCUT2D eigenvalue weighted by Gasteiger charge is -2.49. The first-order chi connectivity index (χ1) is 21.0. The van der Waals surface area contributed by atoms with Crippen LogP contribution >= 0.6 is 46.8 Å². The van der Waals surface area contributed by atoms with Crippen molar-refractivity contribution in [3.63, 3.8) is 0 Å². The van der Waals surface area contributed by atoms with Crippen LogP contribution < -0.4 is 22.1 Å². The first-order valence-electron chi connectivity index (χ1n) is 12.5. The lowest BCUT2D eigenvalue weighted by Crippen LogP contribution is -2.71. The Labute approximate surface area is 265 Å². The van der Waals surface area contributed by atoms with Crippen molar-refractivity contribution in [2.45, 2.75) is 34.5 Å². The van der Waals surface area contributed by atoms with Crippen LogP contribution in [0.1, 0.15) is 17.9 Å². The maximum Gasteiger partial charge on any atom is 0.353 e. The summed E-state index contributed by atoms with van der Waals surface area (Å²) in [5, 5.41) is 35.4. The molecule has 3 atom stereocenters. The van der Waals surface area contributed by atoms with E-state index in [0.29, 0.717) is 27.0 Å². The summed E-state index contributed by atoms with van der Waals surface area (Å²) in [6, 6.07) is 1.26. The second-order valence-corrected chi connectivity index (χ2v) is 13.1. The number of anilines is 1. The van der Waals surface area contributed by atoms with Gasteiger partial charge >= 0.3 is 11.9 Å². The van der Waals surface area contributed by atoms with E-state index in [-0.39, 0.29) is 29.0 Å². The highest BCUT2D eigenvalue weighted by Crippen LogP contribution is 2.45. The quantitative estimate of drug-likeness (QED) is 0.0428. The van der Waals surface area contributed by atoms with E-state index in [4.69, 9.17) is 16.6 Å². The van der Waals surface area contributed by atoms with Crippen molar-refractivity contribution < 1.29 is 39.4 Å². The first kappa shape index (κ1) is 33.0. The molecule has 2 aliphatic heterocycles. The predicted octanol–water partition coefficient (Wildman–Crippen LogP) is -0.667. The van der Waals surface area contributed by atoms with Crippen LogP contribution in [0.15, 0.2) is 39.0 Å². The Morgan fingerprint density at radius 1 is 1.27 bits per heavy atom. The number of carbonyl (C=O) groups is 5. The highest BCUT2D eigenvalue weighted by Gasteiger charge is 2.54. The van der Waals surface area contributed by atoms with Gasteiger partial charge in [-0.1, -0.05) is 16.9 Å². The number of aliphatic carboxylic acids is 2. The first-order valence-corrected chi connectivity index (χ1v) is 16.3. The number of oxime groups is 1. The lowest BCUT2D eigenvalue weighted by molar-refractivity contribution is -0.150. The molecule has 0 saturated carbocycles. The number of rotatable bonds is 14. The molecule has 3 amide bonds. The summed E-state index contributed by atoms with van der Waals surface area (Å²) in [5.41, 5.74) is 11.0. The second kappa shape index (κ2) is 14.7. The number of amides is 3. The zero-order chi connectivity index (χ0) is 32.0. The summed E-state index contributed by atoms with van der Waals surface area (Å²) in [4.78, 5) is 71.1. The summed E-state index contributed by atoms with van der Waals surface area (Å²) < 4.78 is 3.82. The minimum absolute atomic E-state index is 0.0444. The van der Waals surface area contributed by atoms with Crippen LogP contribution in [0.5, 0.6) is 0 Å². The monoisotopic (exact) mass is 683 g/mol. The van der Waals surface area contributed by atoms with Crippen LogP contribution in [0.25, 0.3) is 0 Å². The third-order valence-electron chi connectivity index (χ3n) is 5.99. The molecule has 21 heteroatoms. The van der Waals surface area contributed by atoms with Gasteiger partial charge in [-0.2, -0.15) is 21.1 Å². The summed E-state index contributed by atoms with van der Waals surface area (Å²) in [7, 11) is 0. The largest absolute Gasteiger partial charge is 0.481 e. The fourth-order valence-corrected chi connectivity index (χ4v) is 7.90. The minimum Gasteiger partial charge on any atom is -0.481 e. The molecule has 17 nitrogen and oxygen atoms in total. The van der Waals surface area contributed by atoms with Crippen LogP contribution in [0.4, 0.5) is 5.13 Å². The number of thioether (sulfide) groups is 3. The number of carboxylic acid groups (broad SMARTS) is 2. The molecule has 44 heavy (non-hydrogen) atoms. The van der Waals surface area contributed by atoms with Crippen LogP contribution in [0, 0.1) is 0 Å². The molecule has 9 N–H and O–H groups in total. The van der Waals surface area contributed by atoms with Crippen molar-refractivity contribution in [3.05, 3.63) is 40.5 Å². The Kier molecular flexibility index (Phi) is 11.0. The molecule has 4 rings (SSSR count). The van der Waals surface area contributed by atoms with Crippen molar-refractivity contribution in [2.24, 2.45) is 10.9 Å². The Morgan fingerprint density at radius 2 is 2.05 bits per heavy atom. The van der Waals surface area contributed by atoms with Crippen molar-refractivity contribution in [2.75, 3.05) is 23.8 Å². The van der Waals surface area contributed by atoms with Crippen LogP contribution in [0.2, 0.25) is 0 Å². The lowest BCUT2D eigenvalue weighted by atomic mass is 10.0. The number of fused-ring (bicyclic) bond motifs is 1. The Balaban J connectivity index is 1.38. The minimum atomic E-state index is -1.31. The molecule has 1 saturated heterocycles. The van der Waals surface area contributed by atoms with Crippen LogP contribution in [0.3, 0.4) is 0 Å². The van der Waals surface area contributed by atoms with E-state index in [2.05, 4.69) is 30.1 Å². The van der Waals surface area contributed by atoms with Gasteiger partial charge in [0.1, 0.15) is 17.1 Å². The summed E-state index contributed by atoms with van der Waals surface area (Å²) in [6.45, 7) is 0.257. The molecular formula is C23H25N9O8S4. The van der Waals surface area contributed by atoms with Gasteiger partial charge in [0, 0.05) is 51.3 Å². The highest BCUT2D eigenvalue weighted by molar-refractivity contribution is 8.06. The van der Waals surface area contributed by atoms with E-state index in [0.717, 1.165) is 16.4 Å². The molecule has 0 radical (unpaired) electrons. The number of aromatic nitrogens is 3.